The van der Waals surface area contributed by atoms with E-state index in [0.29, 0.717) is 11.6 Å². The summed E-state index contributed by atoms with van der Waals surface area (Å²) in [7, 11) is 0. The van der Waals surface area contributed by atoms with E-state index in [1.165, 1.54) is 0 Å². The van der Waals surface area contributed by atoms with Gasteiger partial charge in [-0.3, -0.25) is 9.78 Å². The first-order valence-corrected chi connectivity index (χ1v) is 7.09. The van der Waals surface area contributed by atoms with E-state index in [1.807, 2.05) is 4.90 Å². The first-order valence-electron chi connectivity index (χ1n) is 7.09. The lowest BCUT2D eigenvalue weighted by Gasteiger charge is -2.32. The number of hydrogen-bond acceptors (Lipinski definition) is 4. The number of amides is 1. The van der Waals surface area contributed by atoms with Crippen molar-refractivity contribution in [1.82, 2.24) is 24.8 Å². The van der Waals surface area contributed by atoms with Crippen molar-refractivity contribution >= 4 is 11.4 Å². The smallest absolute Gasteiger partial charge is 0.257 e. The van der Waals surface area contributed by atoms with E-state index in [1.54, 1.807) is 29.3 Å². The molecule has 1 aliphatic heterocycles. The zero-order chi connectivity index (χ0) is 13.9. The molecule has 0 aromatic carbocycles. The zero-order valence-electron chi connectivity index (χ0n) is 11.6. The van der Waals surface area contributed by atoms with Crippen LogP contribution in [0.2, 0.25) is 0 Å². The van der Waals surface area contributed by atoms with Crippen LogP contribution in [0.1, 0.15) is 30.1 Å². The summed E-state index contributed by atoms with van der Waals surface area (Å²) in [5, 5.41) is 7.64. The van der Waals surface area contributed by atoms with Crippen molar-refractivity contribution < 1.29 is 4.79 Å². The van der Waals surface area contributed by atoms with Gasteiger partial charge in [0.25, 0.3) is 5.91 Å². The Balaban J connectivity index is 1.74. The summed E-state index contributed by atoms with van der Waals surface area (Å²) in [6, 6.07) is 0.537. The van der Waals surface area contributed by atoms with Crippen molar-refractivity contribution in [1.29, 1.82) is 0 Å². The summed E-state index contributed by atoms with van der Waals surface area (Å²) >= 11 is 0. The fourth-order valence-electron chi connectivity index (χ4n) is 2.74. The molecule has 6 heteroatoms. The molecule has 3 heterocycles. The van der Waals surface area contributed by atoms with Crippen molar-refractivity contribution in [3.63, 3.8) is 0 Å². The Labute approximate surface area is 117 Å². The van der Waals surface area contributed by atoms with Crippen LogP contribution in [0.5, 0.6) is 0 Å². The number of likely N-dealkylation sites (tertiary alicyclic amines) is 1. The first-order chi connectivity index (χ1) is 9.79. The number of nitrogens with one attached hydrogen (secondary N) is 1. The van der Waals surface area contributed by atoms with Crippen LogP contribution in [0.25, 0.3) is 5.52 Å². The van der Waals surface area contributed by atoms with Crippen molar-refractivity contribution in [3.8, 4) is 0 Å². The van der Waals surface area contributed by atoms with E-state index in [9.17, 15) is 4.79 Å². The number of aromatic nitrogens is 3. The van der Waals surface area contributed by atoms with E-state index in [0.717, 1.165) is 38.0 Å². The topological polar surface area (TPSA) is 62.5 Å². The summed E-state index contributed by atoms with van der Waals surface area (Å²) < 4.78 is 1.69. The van der Waals surface area contributed by atoms with Crippen LogP contribution in [0.3, 0.4) is 0 Å². The molecule has 0 unspecified atom stereocenters. The Morgan fingerprint density at radius 2 is 2.20 bits per heavy atom. The third kappa shape index (κ3) is 2.38. The molecule has 1 aliphatic rings. The highest BCUT2D eigenvalue weighted by atomic mass is 16.2. The molecular formula is C14H19N5O. The van der Waals surface area contributed by atoms with Gasteiger partial charge in [0.2, 0.25) is 0 Å². The van der Waals surface area contributed by atoms with E-state index >= 15 is 0 Å². The zero-order valence-corrected chi connectivity index (χ0v) is 11.6. The third-order valence-corrected chi connectivity index (χ3v) is 3.83. The summed E-state index contributed by atoms with van der Waals surface area (Å²) in [5.74, 6) is 0.0583. The van der Waals surface area contributed by atoms with Gasteiger partial charge >= 0.3 is 0 Å². The predicted octanol–water partition coefficient (Wildman–Crippen LogP) is 0.943. The number of fused-ring (bicyclic) bond motifs is 1. The standard InChI is InChI=1S/C14H19N5O/c1-2-16-11-3-6-18(7-4-11)14(20)12-9-17-19-8-5-15-10-13(12)19/h5,8-11,16H,2-4,6-7H2,1H3. The molecule has 1 amide bonds. The molecule has 0 spiro atoms. The second-order valence-corrected chi connectivity index (χ2v) is 5.09. The van der Waals surface area contributed by atoms with Crippen LogP contribution in [0, 0.1) is 0 Å². The van der Waals surface area contributed by atoms with Crippen molar-refractivity contribution in [2.45, 2.75) is 25.8 Å². The molecule has 1 fully saturated rings. The van der Waals surface area contributed by atoms with Crippen LogP contribution < -0.4 is 5.32 Å². The minimum absolute atomic E-state index is 0.0583. The van der Waals surface area contributed by atoms with Gasteiger partial charge in [0.05, 0.1) is 23.5 Å². The van der Waals surface area contributed by atoms with Crippen LogP contribution >= 0.6 is 0 Å². The number of piperidine rings is 1. The number of rotatable bonds is 3. The highest BCUT2D eigenvalue weighted by molar-refractivity contribution is 6.00. The van der Waals surface area contributed by atoms with E-state index in [4.69, 9.17) is 0 Å². The molecular weight excluding hydrogens is 254 g/mol. The quantitative estimate of drug-likeness (QED) is 0.904. The minimum atomic E-state index is 0.0583. The Morgan fingerprint density at radius 3 is 2.95 bits per heavy atom. The van der Waals surface area contributed by atoms with Gasteiger partial charge in [-0.2, -0.15) is 5.10 Å². The molecule has 3 rings (SSSR count). The molecule has 0 atom stereocenters. The van der Waals surface area contributed by atoms with E-state index in [-0.39, 0.29) is 5.91 Å². The molecule has 1 N–H and O–H groups in total. The fourth-order valence-corrected chi connectivity index (χ4v) is 2.74. The second-order valence-electron chi connectivity index (χ2n) is 5.09. The fraction of sp³-hybridized carbons (Fsp3) is 0.500. The lowest BCUT2D eigenvalue weighted by molar-refractivity contribution is 0.0708. The lowest BCUT2D eigenvalue weighted by atomic mass is 10.0. The maximum absolute atomic E-state index is 12.6. The lowest BCUT2D eigenvalue weighted by Crippen LogP contribution is -2.44. The summed E-state index contributed by atoms with van der Waals surface area (Å²) in [4.78, 5) is 18.5. The molecule has 0 saturated carbocycles. The largest absolute Gasteiger partial charge is 0.338 e. The molecule has 2 aromatic heterocycles. The maximum atomic E-state index is 12.6. The van der Waals surface area contributed by atoms with Gasteiger partial charge in [-0.05, 0) is 19.4 Å². The normalized spacial score (nSPS) is 16.8. The monoisotopic (exact) mass is 273 g/mol. The highest BCUT2D eigenvalue weighted by Crippen LogP contribution is 2.16. The van der Waals surface area contributed by atoms with Crippen LogP contribution in [0.15, 0.2) is 24.8 Å². The third-order valence-electron chi connectivity index (χ3n) is 3.83. The van der Waals surface area contributed by atoms with Gasteiger partial charge in [0.15, 0.2) is 0 Å². The molecule has 0 aliphatic carbocycles. The Morgan fingerprint density at radius 1 is 1.40 bits per heavy atom. The molecule has 20 heavy (non-hydrogen) atoms. The first kappa shape index (κ1) is 13.1. The average molecular weight is 273 g/mol. The number of hydrogen-bond donors (Lipinski definition) is 1. The molecule has 6 nitrogen and oxygen atoms in total. The predicted molar refractivity (Wildman–Crippen MR) is 75.6 cm³/mol. The van der Waals surface area contributed by atoms with Gasteiger partial charge in [0, 0.05) is 31.5 Å². The van der Waals surface area contributed by atoms with Gasteiger partial charge in [0.1, 0.15) is 0 Å². The van der Waals surface area contributed by atoms with Gasteiger partial charge < -0.3 is 10.2 Å². The summed E-state index contributed by atoms with van der Waals surface area (Å²) in [6.07, 6.45) is 8.76. The highest BCUT2D eigenvalue weighted by Gasteiger charge is 2.25. The maximum Gasteiger partial charge on any atom is 0.257 e. The number of nitrogens with zero attached hydrogens (tertiary/aromatic N) is 4. The Hall–Kier alpha value is -1.95. The molecule has 106 valence electrons. The minimum Gasteiger partial charge on any atom is -0.338 e. The van der Waals surface area contributed by atoms with Crippen molar-refractivity contribution in [3.05, 3.63) is 30.4 Å². The molecule has 0 bridgehead atoms. The van der Waals surface area contributed by atoms with Crippen molar-refractivity contribution in [2.24, 2.45) is 0 Å². The van der Waals surface area contributed by atoms with Gasteiger partial charge in [-0.1, -0.05) is 6.92 Å². The number of carbonyl (C=O) groups excluding carboxylic acids is 1. The van der Waals surface area contributed by atoms with Gasteiger partial charge in [-0.15, -0.1) is 0 Å². The summed E-state index contributed by atoms with van der Waals surface area (Å²) in [6.45, 7) is 4.70. The van der Waals surface area contributed by atoms with Crippen LogP contribution in [0.4, 0.5) is 0 Å². The number of carbonyl (C=O) groups is 1. The Bertz CT molecular complexity index is 600. The second kappa shape index (κ2) is 5.58. The van der Waals surface area contributed by atoms with Crippen molar-refractivity contribution in [2.75, 3.05) is 19.6 Å². The van der Waals surface area contributed by atoms with E-state index in [2.05, 4.69) is 22.3 Å². The molecule has 1 saturated heterocycles. The summed E-state index contributed by atoms with van der Waals surface area (Å²) in [5.41, 5.74) is 1.41. The molecule has 0 radical (unpaired) electrons. The molecule has 2 aromatic rings. The SMILES string of the molecule is CCNC1CCN(C(=O)c2cnn3ccncc23)CC1. The van der Waals surface area contributed by atoms with Crippen LogP contribution in [-0.2, 0) is 0 Å². The van der Waals surface area contributed by atoms with Crippen LogP contribution in [-0.4, -0.2) is 51.1 Å². The van der Waals surface area contributed by atoms with E-state index < -0.39 is 0 Å². The average Bonchev–Trinajstić information content (AvgIpc) is 2.92. The van der Waals surface area contributed by atoms with Gasteiger partial charge in [-0.25, -0.2) is 4.52 Å². The Kier molecular flexibility index (Phi) is 3.64.